The number of fused-ring (bicyclic) bond motifs is 1. The molecule has 4 rings (SSSR count). The van der Waals surface area contributed by atoms with E-state index in [9.17, 15) is 14.0 Å². The van der Waals surface area contributed by atoms with Gasteiger partial charge in [0.1, 0.15) is 17.2 Å². The molecule has 0 aliphatic carbocycles. The van der Waals surface area contributed by atoms with Crippen LogP contribution in [0.25, 0.3) is 16.6 Å². The lowest BCUT2D eigenvalue weighted by Crippen LogP contribution is -2.50. The Morgan fingerprint density at radius 2 is 1.79 bits per heavy atom. The van der Waals surface area contributed by atoms with Crippen molar-refractivity contribution in [3.05, 3.63) is 52.8 Å². The van der Waals surface area contributed by atoms with Crippen LogP contribution in [-0.2, 0) is 4.74 Å². The van der Waals surface area contributed by atoms with Crippen LogP contribution in [0.3, 0.4) is 0 Å². The summed E-state index contributed by atoms with van der Waals surface area (Å²) in [4.78, 5) is 36.3. The number of halogens is 2. The van der Waals surface area contributed by atoms with Gasteiger partial charge in [-0.2, -0.15) is 0 Å². The number of rotatable bonds is 5. The number of aryl methyl sites for hydroxylation is 1. The number of carbonyl (C=O) groups is 2. The molecule has 10 heteroatoms. The van der Waals surface area contributed by atoms with E-state index in [2.05, 4.69) is 9.88 Å². The van der Waals surface area contributed by atoms with Crippen molar-refractivity contribution in [1.82, 2.24) is 19.2 Å². The predicted octanol–water partition coefficient (Wildman–Crippen LogP) is 6.03. The number of hydrogen-bond donors (Lipinski definition) is 0. The van der Waals surface area contributed by atoms with Gasteiger partial charge in [0.2, 0.25) is 0 Å². The van der Waals surface area contributed by atoms with Crippen molar-refractivity contribution >= 4 is 34.8 Å². The number of hydrogen-bond acceptors (Lipinski definition) is 5. The molecule has 3 heterocycles. The molecule has 0 spiro atoms. The Labute approximate surface area is 234 Å². The summed E-state index contributed by atoms with van der Waals surface area (Å²) in [6.07, 6.45) is 1.64. The molecule has 0 radical (unpaired) electrons. The van der Waals surface area contributed by atoms with E-state index in [1.54, 1.807) is 15.9 Å². The maximum Gasteiger partial charge on any atom is 0.410 e. The monoisotopic (exact) mass is 557 g/mol. The topological polar surface area (TPSA) is 70.4 Å². The fraction of sp³-hybridized carbons (Fsp3) is 0.483. The van der Waals surface area contributed by atoms with Gasteiger partial charge in [-0.3, -0.25) is 9.20 Å². The highest BCUT2D eigenvalue weighted by Gasteiger charge is 2.28. The van der Waals surface area contributed by atoms with Crippen LogP contribution in [0.4, 0.5) is 14.9 Å². The standard InChI is InChI=1S/C29H37ClFN5O3/c1-8-35(18(2)3)27(37)24-15-20(31)9-10-22(24)23-16-21(17-36-19(4)32-26(30)25(23)36)33-11-13-34(14-12-33)28(38)39-29(5,6)7/h9-10,15-18H,8,11-14H2,1-7H3. The third kappa shape index (κ3) is 5.98. The lowest BCUT2D eigenvalue weighted by atomic mass is 9.97. The Balaban J connectivity index is 1.77. The first-order valence-electron chi connectivity index (χ1n) is 13.3. The van der Waals surface area contributed by atoms with Crippen molar-refractivity contribution in [2.45, 2.75) is 60.1 Å². The molecule has 1 aromatic carbocycles. The average molecular weight is 558 g/mol. The number of benzene rings is 1. The molecule has 0 unspecified atom stereocenters. The Morgan fingerprint density at radius 1 is 1.13 bits per heavy atom. The minimum Gasteiger partial charge on any atom is -0.444 e. The molecule has 1 aliphatic heterocycles. The van der Waals surface area contributed by atoms with E-state index < -0.39 is 11.4 Å². The molecule has 1 fully saturated rings. The van der Waals surface area contributed by atoms with Crippen molar-refractivity contribution in [2.24, 2.45) is 0 Å². The van der Waals surface area contributed by atoms with Gasteiger partial charge in [0.25, 0.3) is 5.91 Å². The second-order valence-electron chi connectivity index (χ2n) is 11.1. The molecule has 39 heavy (non-hydrogen) atoms. The summed E-state index contributed by atoms with van der Waals surface area (Å²) in [5.41, 5.74) is 2.53. The molecule has 0 bridgehead atoms. The number of carbonyl (C=O) groups excluding carboxylic acids is 2. The van der Waals surface area contributed by atoms with E-state index >= 15 is 0 Å². The van der Waals surface area contributed by atoms with Gasteiger partial charge in [-0.1, -0.05) is 17.7 Å². The van der Waals surface area contributed by atoms with Crippen LogP contribution in [0.1, 0.15) is 57.7 Å². The number of imidazole rings is 1. The van der Waals surface area contributed by atoms with Gasteiger partial charge in [-0.25, -0.2) is 14.2 Å². The summed E-state index contributed by atoms with van der Waals surface area (Å²) in [6.45, 7) is 15.9. The smallest absolute Gasteiger partial charge is 0.410 e. The summed E-state index contributed by atoms with van der Waals surface area (Å²) in [5, 5.41) is 0.308. The van der Waals surface area contributed by atoms with Gasteiger partial charge in [0.15, 0.2) is 5.15 Å². The Hall–Kier alpha value is -3.33. The van der Waals surface area contributed by atoms with Crippen molar-refractivity contribution in [2.75, 3.05) is 37.6 Å². The first kappa shape index (κ1) is 28.7. The predicted molar refractivity (Wildman–Crippen MR) is 152 cm³/mol. The molecule has 2 aromatic heterocycles. The molecular weight excluding hydrogens is 521 g/mol. The van der Waals surface area contributed by atoms with Crippen molar-refractivity contribution in [1.29, 1.82) is 0 Å². The van der Waals surface area contributed by atoms with Gasteiger partial charge in [-0.05, 0) is 72.2 Å². The number of ether oxygens (including phenoxy) is 1. The zero-order valence-corrected chi connectivity index (χ0v) is 24.5. The molecule has 0 N–H and O–H groups in total. The minimum absolute atomic E-state index is 0.0490. The summed E-state index contributed by atoms with van der Waals surface area (Å²) < 4.78 is 21.9. The van der Waals surface area contributed by atoms with E-state index in [1.807, 2.05) is 65.1 Å². The number of piperazine rings is 1. The molecule has 1 aliphatic rings. The average Bonchev–Trinajstić information content (AvgIpc) is 3.16. The third-order valence-electron chi connectivity index (χ3n) is 6.88. The third-order valence-corrected chi connectivity index (χ3v) is 7.14. The molecule has 0 saturated carbocycles. The van der Waals surface area contributed by atoms with Gasteiger partial charge >= 0.3 is 6.09 Å². The van der Waals surface area contributed by atoms with Crippen molar-refractivity contribution in [3.8, 4) is 11.1 Å². The summed E-state index contributed by atoms with van der Waals surface area (Å²) in [5.74, 6) is -0.0372. The highest BCUT2D eigenvalue weighted by Crippen LogP contribution is 2.37. The normalized spacial score (nSPS) is 14.3. The van der Waals surface area contributed by atoms with Crippen LogP contribution in [0.5, 0.6) is 0 Å². The van der Waals surface area contributed by atoms with Gasteiger partial charge < -0.3 is 19.4 Å². The zero-order chi connectivity index (χ0) is 28.6. The number of amides is 2. The second kappa shape index (κ2) is 11.0. The SMILES string of the molecule is CCN(C(=O)c1cc(F)ccc1-c1cc(N2CCN(C(=O)OC(C)(C)C)CC2)cn2c(C)nc(Cl)c12)C(C)C. The molecule has 210 valence electrons. The quantitative estimate of drug-likeness (QED) is 0.383. The van der Waals surface area contributed by atoms with E-state index in [0.717, 1.165) is 5.69 Å². The maximum absolute atomic E-state index is 14.5. The summed E-state index contributed by atoms with van der Waals surface area (Å²) in [7, 11) is 0. The Morgan fingerprint density at radius 3 is 2.38 bits per heavy atom. The van der Waals surface area contributed by atoms with E-state index in [1.165, 1.54) is 12.1 Å². The Bertz CT molecular complexity index is 1390. The number of anilines is 1. The van der Waals surface area contributed by atoms with Crippen molar-refractivity contribution < 1.29 is 18.7 Å². The fourth-order valence-corrected chi connectivity index (χ4v) is 5.29. The lowest BCUT2D eigenvalue weighted by molar-refractivity contribution is 0.0240. The lowest BCUT2D eigenvalue weighted by Gasteiger charge is -2.37. The number of aromatic nitrogens is 2. The number of nitrogens with zero attached hydrogens (tertiary/aromatic N) is 5. The largest absolute Gasteiger partial charge is 0.444 e. The second-order valence-corrected chi connectivity index (χ2v) is 11.5. The van der Waals surface area contributed by atoms with Gasteiger partial charge in [0, 0.05) is 50.5 Å². The highest BCUT2D eigenvalue weighted by atomic mass is 35.5. The molecule has 0 atom stereocenters. The van der Waals surface area contributed by atoms with E-state index in [0.29, 0.717) is 60.3 Å². The van der Waals surface area contributed by atoms with Crippen LogP contribution in [-0.4, -0.2) is 75.6 Å². The maximum atomic E-state index is 14.5. The first-order valence-corrected chi connectivity index (χ1v) is 13.7. The number of pyridine rings is 1. The van der Waals surface area contributed by atoms with Crippen LogP contribution in [0, 0.1) is 12.7 Å². The Kier molecular flexibility index (Phi) is 8.12. The molecule has 1 saturated heterocycles. The van der Waals surface area contributed by atoms with Crippen LogP contribution in [0.15, 0.2) is 30.5 Å². The van der Waals surface area contributed by atoms with Crippen LogP contribution < -0.4 is 4.90 Å². The fourth-order valence-electron chi connectivity index (χ4n) is 4.97. The molecule has 3 aromatic rings. The highest BCUT2D eigenvalue weighted by molar-refractivity contribution is 6.33. The van der Waals surface area contributed by atoms with E-state index in [-0.39, 0.29) is 23.6 Å². The first-order chi connectivity index (χ1) is 18.3. The molecular formula is C29H37ClFN5O3. The van der Waals surface area contributed by atoms with Gasteiger partial charge in [0.05, 0.1) is 16.8 Å². The van der Waals surface area contributed by atoms with Gasteiger partial charge in [-0.15, -0.1) is 0 Å². The van der Waals surface area contributed by atoms with Crippen molar-refractivity contribution in [3.63, 3.8) is 0 Å². The molecule has 8 nitrogen and oxygen atoms in total. The molecule has 2 amide bonds. The van der Waals surface area contributed by atoms with Crippen LogP contribution in [0.2, 0.25) is 5.15 Å². The van der Waals surface area contributed by atoms with E-state index in [4.69, 9.17) is 16.3 Å². The summed E-state index contributed by atoms with van der Waals surface area (Å²) >= 11 is 6.61. The minimum atomic E-state index is -0.556. The zero-order valence-electron chi connectivity index (χ0n) is 23.7. The summed E-state index contributed by atoms with van der Waals surface area (Å²) in [6, 6.07) is 6.21. The van der Waals surface area contributed by atoms with Crippen LogP contribution >= 0.6 is 11.6 Å².